The first-order valence-electron chi connectivity index (χ1n) is 6.43. The zero-order valence-electron chi connectivity index (χ0n) is 12.3. The van der Waals surface area contributed by atoms with Gasteiger partial charge in [-0.3, -0.25) is 4.74 Å². The lowest BCUT2D eigenvalue weighted by Gasteiger charge is -2.55. The van der Waals surface area contributed by atoms with E-state index in [9.17, 15) is 43.9 Å². The number of halogens is 10. The molecule has 1 aliphatic rings. The number of rotatable bonds is 3. The molecule has 1 saturated heterocycles. The number of ether oxygens (including phenoxy) is 1. The van der Waals surface area contributed by atoms with E-state index in [1.54, 1.807) is 0 Å². The van der Waals surface area contributed by atoms with Crippen LogP contribution in [0.2, 0.25) is 0 Å². The highest BCUT2D eigenvalue weighted by molar-refractivity contribution is 5.20. The van der Waals surface area contributed by atoms with E-state index >= 15 is 0 Å². The molecule has 2 unspecified atom stereocenters. The smallest absolute Gasteiger partial charge is 0.267 e. The first kappa shape index (κ1) is 20.3. The van der Waals surface area contributed by atoms with Gasteiger partial charge in [0.1, 0.15) is 0 Å². The van der Waals surface area contributed by atoms with E-state index in [-0.39, 0.29) is 0 Å². The molecule has 0 aromatic carbocycles. The van der Waals surface area contributed by atoms with Crippen molar-refractivity contribution in [3.05, 3.63) is 0 Å². The van der Waals surface area contributed by atoms with E-state index in [2.05, 4.69) is 4.74 Å². The van der Waals surface area contributed by atoms with Gasteiger partial charge in [-0.2, -0.15) is 39.5 Å². The van der Waals surface area contributed by atoms with E-state index in [1.165, 1.54) is 0 Å². The van der Waals surface area contributed by atoms with Gasteiger partial charge in [0.25, 0.3) is 5.67 Å². The summed E-state index contributed by atoms with van der Waals surface area (Å²) in [5.74, 6) is -28.9. The van der Waals surface area contributed by atoms with Crippen LogP contribution in [0, 0.1) is 11.8 Å². The molecule has 0 spiro atoms. The standard InChI is InChI=1S/C12H14F10O/c1-5(2)7(13)9(16,17)11(20,8(14,15)6(3)4)23-12(21,22)10(7,18)19/h5-6H,1-4H3. The van der Waals surface area contributed by atoms with E-state index in [0.717, 1.165) is 0 Å². The van der Waals surface area contributed by atoms with Gasteiger partial charge in [0.05, 0.1) is 0 Å². The number of hydrogen-bond acceptors (Lipinski definition) is 1. The van der Waals surface area contributed by atoms with Gasteiger partial charge in [0, 0.05) is 11.8 Å². The summed E-state index contributed by atoms with van der Waals surface area (Å²) in [5, 5.41) is 0. The zero-order valence-corrected chi connectivity index (χ0v) is 12.3. The highest BCUT2D eigenvalue weighted by Crippen LogP contribution is 2.67. The minimum atomic E-state index is -6.27. The summed E-state index contributed by atoms with van der Waals surface area (Å²) in [7, 11) is 0. The van der Waals surface area contributed by atoms with Crippen molar-refractivity contribution in [3.8, 4) is 0 Å². The second kappa shape index (κ2) is 4.89. The molecule has 0 N–H and O–H groups in total. The molecule has 2 atom stereocenters. The molecule has 1 aliphatic heterocycles. The zero-order chi connectivity index (χ0) is 18.9. The van der Waals surface area contributed by atoms with Crippen molar-refractivity contribution in [1.82, 2.24) is 0 Å². The molecule has 0 aromatic heterocycles. The molecule has 0 amide bonds. The lowest BCUT2D eigenvalue weighted by molar-refractivity contribution is -0.547. The van der Waals surface area contributed by atoms with Crippen molar-refractivity contribution >= 4 is 0 Å². The Hall–Kier alpha value is -0.740. The van der Waals surface area contributed by atoms with Crippen LogP contribution in [0.15, 0.2) is 0 Å². The van der Waals surface area contributed by atoms with Gasteiger partial charge in [-0.15, -0.1) is 0 Å². The average Bonchev–Trinajstić information content (AvgIpc) is 2.34. The van der Waals surface area contributed by atoms with Crippen LogP contribution in [-0.2, 0) is 4.74 Å². The summed E-state index contributed by atoms with van der Waals surface area (Å²) in [6, 6.07) is 0. The van der Waals surface area contributed by atoms with Gasteiger partial charge < -0.3 is 0 Å². The Morgan fingerprint density at radius 2 is 1.13 bits per heavy atom. The maximum Gasteiger partial charge on any atom is 0.425 e. The van der Waals surface area contributed by atoms with Crippen molar-refractivity contribution in [1.29, 1.82) is 0 Å². The Morgan fingerprint density at radius 3 is 1.43 bits per heavy atom. The van der Waals surface area contributed by atoms with Crippen LogP contribution in [-0.4, -0.2) is 35.4 Å². The number of hydrogen-bond donors (Lipinski definition) is 0. The SMILES string of the molecule is CC(C)C(F)(F)C1(F)OC(F)(F)C(F)(F)C(F)(C(C)C)C1(F)F. The summed E-state index contributed by atoms with van der Waals surface area (Å²) in [6.45, 7) is 1.55. The van der Waals surface area contributed by atoms with Gasteiger partial charge in [-0.1, -0.05) is 27.7 Å². The van der Waals surface area contributed by atoms with Crippen LogP contribution in [0.25, 0.3) is 0 Å². The fourth-order valence-electron chi connectivity index (χ4n) is 2.32. The Bertz CT molecular complexity index is 474. The highest BCUT2D eigenvalue weighted by atomic mass is 19.3. The van der Waals surface area contributed by atoms with Gasteiger partial charge in [0.2, 0.25) is 0 Å². The minimum Gasteiger partial charge on any atom is -0.267 e. The minimum absolute atomic E-state index is 0.317. The quantitative estimate of drug-likeness (QED) is 0.626. The van der Waals surface area contributed by atoms with Crippen molar-refractivity contribution in [2.24, 2.45) is 11.8 Å². The molecular weight excluding hydrogens is 350 g/mol. The second-order valence-corrected chi connectivity index (χ2v) is 6.01. The first-order chi connectivity index (χ1) is 9.84. The van der Waals surface area contributed by atoms with Gasteiger partial charge in [0.15, 0.2) is 0 Å². The first-order valence-corrected chi connectivity index (χ1v) is 6.43. The fraction of sp³-hybridized carbons (Fsp3) is 1.00. The third kappa shape index (κ3) is 2.03. The Morgan fingerprint density at radius 1 is 0.739 bits per heavy atom. The summed E-state index contributed by atoms with van der Waals surface area (Å²) < 4.78 is 141. The lowest BCUT2D eigenvalue weighted by atomic mass is 9.72. The van der Waals surface area contributed by atoms with E-state index < -0.39 is 47.2 Å². The van der Waals surface area contributed by atoms with Crippen LogP contribution < -0.4 is 0 Å². The van der Waals surface area contributed by atoms with Crippen molar-refractivity contribution in [2.45, 2.75) is 63.1 Å². The van der Waals surface area contributed by atoms with Crippen LogP contribution in [0.1, 0.15) is 27.7 Å². The largest absolute Gasteiger partial charge is 0.425 e. The summed E-state index contributed by atoms with van der Waals surface area (Å²) in [5.41, 5.74) is -5.62. The molecule has 0 radical (unpaired) electrons. The molecule has 23 heavy (non-hydrogen) atoms. The molecule has 11 heteroatoms. The van der Waals surface area contributed by atoms with Crippen LogP contribution in [0.5, 0.6) is 0 Å². The van der Waals surface area contributed by atoms with Crippen molar-refractivity contribution in [3.63, 3.8) is 0 Å². The Kier molecular flexibility index (Phi) is 4.31. The molecule has 0 aliphatic carbocycles. The van der Waals surface area contributed by atoms with Gasteiger partial charge in [-0.05, 0) is 0 Å². The average molecular weight is 364 g/mol. The molecule has 1 rings (SSSR count). The fourth-order valence-corrected chi connectivity index (χ4v) is 2.32. The molecular formula is C12H14F10O. The van der Waals surface area contributed by atoms with Crippen molar-refractivity contribution in [2.75, 3.05) is 0 Å². The maximum atomic E-state index is 14.4. The predicted octanol–water partition coefficient (Wildman–Crippen LogP) is 5.20. The summed E-state index contributed by atoms with van der Waals surface area (Å²) >= 11 is 0. The van der Waals surface area contributed by atoms with Gasteiger partial charge >= 0.3 is 29.7 Å². The maximum absolute atomic E-state index is 14.4. The van der Waals surface area contributed by atoms with E-state index in [0.29, 0.717) is 27.7 Å². The topological polar surface area (TPSA) is 9.23 Å². The lowest BCUT2D eigenvalue weighted by Crippen LogP contribution is -2.82. The van der Waals surface area contributed by atoms with Crippen molar-refractivity contribution < 1.29 is 48.6 Å². The second-order valence-electron chi connectivity index (χ2n) is 6.01. The molecule has 1 nitrogen and oxygen atoms in total. The van der Waals surface area contributed by atoms with Crippen LogP contribution in [0.4, 0.5) is 43.9 Å². The summed E-state index contributed by atoms with van der Waals surface area (Å²) in [4.78, 5) is 0. The van der Waals surface area contributed by atoms with Gasteiger partial charge in [-0.25, -0.2) is 4.39 Å². The third-order valence-electron chi connectivity index (χ3n) is 3.90. The molecule has 1 fully saturated rings. The number of alkyl halides is 10. The highest BCUT2D eigenvalue weighted by Gasteiger charge is 2.95. The van der Waals surface area contributed by atoms with E-state index in [1.807, 2.05) is 0 Å². The Balaban J connectivity index is 3.81. The normalized spacial score (nSPS) is 36.5. The van der Waals surface area contributed by atoms with E-state index in [4.69, 9.17) is 0 Å². The molecule has 0 aromatic rings. The Labute approximate surface area is 125 Å². The summed E-state index contributed by atoms with van der Waals surface area (Å²) in [6.07, 6.45) is -6.22. The van der Waals surface area contributed by atoms with Crippen LogP contribution >= 0.6 is 0 Å². The molecule has 138 valence electrons. The third-order valence-corrected chi connectivity index (χ3v) is 3.90. The molecule has 0 saturated carbocycles. The predicted molar refractivity (Wildman–Crippen MR) is 58.2 cm³/mol. The molecule has 0 bridgehead atoms. The van der Waals surface area contributed by atoms with Crippen LogP contribution in [0.3, 0.4) is 0 Å². The molecule has 1 heterocycles. The monoisotopic (exact) mass is 364 g/mol.